The van der Waals surface area contributed by atoms with E-state index in [1.54, 1.807) is 20.8 Å². The first-order valence-electron chi connectivity index (χ1n) is 10.0. The predicted molar refractivity (Wildman–Crippen MR) is 122 cm³/mol. The molecule has 0 saturated heterocycles. The van der Waals surface area contributed by atoms with Crippen molar-refractivity contribution in [1.82, 2.24) is 9.79 Å². The van der Waals surface area contributed by atoms with Crippen LogP contribution in [0.3, 0.4) is 0 Å². The van der Waals surface area contributed by atoms with Gasteiger partial charge in [0.25, 0.3) is 11.6 Å². The third kappa shape index (κ3) is 6.97. The SMILES string of the molecule is C[C@@H](C(=O)NO)N(Cc1ccc([N+](=O)[O-])cc1)S(=O)(=O)c1cccc(NC(=O)OC(C)(C)C)c1. The second kappa shape index (κ2) is 10.6. The van der Waals surface area contributed by atoms with E-state index in [0.717, 1.165) is 4.31 Å². The van der Waals surface area contributed by atoms with Crippen LogP contribution in [0.2, 0.25) is 0 Å². The Morgan fingerprint density at radius 1 is 1.18 bits per heavy atom. The first kappa shape index (κ1) is 26.7. The van der Waals surface area contributed by atoms with Gasteiger partial charge in [-0.25, -0.2) is 18.7 Å². The normalized spacial score (nSPS) is 12.6. The lowest BCUT2D eigenvalue weighted by molar-refractivity contribution is -0.384. The number of anilines is 1. The van der Waals surface area contributed by atoms with Crippen LogP contribution in [0.1, 0.15) is 33.3 Å². The summed E-state index contributed by atoms with van der Waals surface area (Å²) in [6, 6.07) is 9.16. The lowest BCUT2D eigenvalue weighted by atomic mass is 10.2. The molecule has 0 saturated carbocycles. The number of nitrogens with one attached hydrogen (secondary N) is 2. The van der Waals surface area contributed by atoms with Crippen LogP contribution in [0.25, 0.3) is 0 Å². The molecule has 13 heteroatoms. The molecule has 2 amide bonds. The lowest BCUT2D eigenvalue weighted by Gasteiger charge is -2.27. The van der Waals surface area contributed by atoms with Gasteiger partial charge in [-0.2, -0.15) is 4.31 Å². The van der Waals surface area contributed by atoms with E-state index in [1.807, 2.05) is 0 Å². The van der Waals surface area contributed by atoms with Crippen molar-refractivity contribution < 1.29 is 32.9 Å². The third-order valence-corrected chi connectivity index (χ3v) is 6.41. The van der Waals surface area contributed by atoms with E-state index in [4.69, 9.17) is 9.94 Å². The van der Waals surface area contributed by atoms with Crippen molar-refractivity contribution in [2.45, 2.75) is 50.8 Å². The van der Waals surface area contributed by atoms with Crippen molar-refractivity contribution in [2.75, 3.05) is 5.32 Å². The molecule has 1 atom stereocenters. The second-order valence-electron chi connectivity index (χ2n) is 8.28. The van der Waals surface area contributed by atoms with Gasteiger partial charge in [0, 0.05) is 24.4 Å². The smallest absolute Gasteiger partial charge is 0.412 e. The van der Waals surface area contributed by atoms with Gasteiger partial charge in [0.15, 0.2) is 0 Å². The van der Waals surface area contributed by atoms with Gasteiger partial charge in [0.05, 0.1) is 9.82 Å². The number of carbonyl (C=O) groups excluding carboxylic acids is 2. The molecule has 34 heavy (non-hydrogen) atoms. The minimum absolute atomic E-state index is 0.143. The molecule has 12 nitrogen and oxygen atoms in total. The van der Waals surface area contributed by atoms with Gasteiger partial charge in [-0.15, -0.1) is 0 Å². The fraction of sp³-hybridized carbons (Fsp3) is 0.333. The van der Waals surface area contributed by atoms with Crippen LogP contribution >= 0.6 is 0 Å². The van der Waals surface area contributed by atoms with E-state index >= 15 is 0 Å². The summed E-state index contributed by atoms with van der Waals surface area (Å²) in [7, 11) is -4.34. The zero-order valence-electron chi connectivity index (χ0n) is 19.0. The van der Waals surface area contributed by atoms with Crippen LogP contribution in [0.5, 0.6) is 0 Å². The number of amides is 2. The van der Waals surface area contributed by atoms with E-state index in [-0.39, 0.29) is 22.8 Å². The number of nitro groups is 1. The second-order valence-corrected chi connectivity index (χ2v) is 10.2. The fourth-order valence-corrected chi connectivity index (χ4v) is 4.48. The van der Waals surface area contributed by atoms with Gasteiger partial charge >= 0.3 is 6.09 Å². The van der Waals surface area contributed by atoms with Crippen LogP contribution in [-0.2, 0) is 26.1 Å². The molecule has 0 aliphatic heterocycles. The number of non-ortho nitro benzene ring substituents is 1. The van der Waals surface area contributed by atoms with Crippen molar-refractivity contribution in [3.05, 3.63) is 64.2 Å². The Hall–Kier alpha value is -3.55. The number of hydrogen-bond acceptors (Lipinski definition) is 8. The molecule has 0 aliphatic rings. The van der Waals surface area contributed by atoms with E-state index in [9.17, 15) is 28.1 Å². The van der Waals surface area contributed by atoms with Crippen molar-refractivity contribution in [2.24, 2.45) is 0 Å². The number of sulfonamides is 1. The molecule has 0 aliphatic carbocycles. The van der Waals surface area contributed by atoms with Crippen LogP contribution in [0, 0.1) is 10.1 Å². The van der Waals surface area contributed by atoms with Gasteiger partial charge in [0.2, 0.25) is 10.0 Å². The average molecular weight is 495 g/mol. The minimum Gasteiger partial charge on any atom is -0.444 e. The molecule has 2 aromatic carbocycles. The molecular weight excluding hydrogens is 468 g/mol. The monoisotopic (exact) mass is 494 g/mol. The quantitative estimate of drug-likeness (QED) is 0.286. The predicted octanol–water partition coefficient (Wildman–Crippen LogP) is 3.03. The van der Waals surface area contributed by atoms with Crippen LogP contribution in [-0.4, -0.2) is 46.5 Å². The highest BCUT2D eigenvalue weighted by Crippen LogP contribution is 2.25. The van der Waals surface area contributed by atoms with Crippen LogP contribution in [0.4, 0.5) is 16.2 Å². The third-order valence-electron chi connectivity index (χ3n) is 4.49. The number of nitro benzene ring substituents is 1. The number of benzene rings is 2. The maximum Gasteiger partial charge on any atom is 0.412 e. The van der Waals surface area contributed by atoms with Gasteiger partial charge in [-0.05, 0) is 51.5 Å². The van der Waals surface area contributed by atoms with Crippen molar-refractivity contribution in [1.29, 1.82) is 0 Å². The number of hydrogen-bond donors (Lipinski definition) is 3. The summed E-state index contributed by atoms with van der Waals surface area (Å²) in [5.74, 6) is -0.978. The highest BCUT2D eigenvalue weighted by atomic mass is 32.2. The Morgan fingerprint density at radius 3 is 2.32 bits per heavy atom. The van der Waals surface area contributed by atoms with Crippen molar-refractivity contribution >= 4 is 33.4 Å². The maximum atomic E-state index is 13.5. The maximum absolute atomic E-state index is 13.5. The summed E-state index contributed by atoms with van der Waals surface area (Å²) in [6.45, 7) is 5.99. The highest BCUT2D eigenvalue weighted by molar-refractivity contribution is 7.89. The molecule has 0 bridgehead atoms. The van der Waals surface area contributed by atoms with E-state index in [1.165, 1.54) is 60.9 Å². The molecule has 0 unspecified atom stereocenters. The van der Waals surface area contributed by atoms with Crippen molar-refractivity contribution in [3.63, 3.8) is 0 Å². The molecule has 0 fully saturated rings. The minimum atomic E-state index is -4.34. The fourth-order valence-electron chi connectivity index (χ4n) is 2.85. The number of hydroxylamine groups is 1. The molecule has 0 radical (unpaired) electrons. The van der Waals surface area contributed by atoms with E-state index in [2.05, 4.69) is 5.32 Å². The van der Waals surface area contributed by atoms with Gasteiger partial charge in [-0.1, -0.05) is 18.2 Å². The number of rotatable bonds is 8. The standard InChI is InChI=1S/C21H26N4O8S/c1-14(19(26)23-28)24(13-15-8-10-17(11-9-15)25(29)30)34(31,32)18-7-5-6-16(12-18)22-20(27)33-21(2,3)4/h5-12,14,28H,13H2,1-4H3,(H,22,27)(H,23,26)/t14-/m0/s1. The van der Waals surface area contributed by atoms with E-state index in [0.29, 0.717) is 5.56 Å². The Labute approximate surface area is 196 Å². The molecule has 0 aromatic heterocycles. The topological polar surface area (TPSA) is 168 Å². The average Bonchev–Trinajstić information content (AvgIpc) is 2.75. The summed E-state index contributed by atoms with van der Waals surface area (Å²) in [5, 5.41) is 22.4. The Balaban J connectivity index is 2.40. The van der Waals surface area contributed by atoms with Crippen LogP contribution in [0.15, 0.2) is 53.4 Å². The van der Waals surface area contributed by atoms with Crippen LogP contribution < -0.4 is 10.8 Å². The first-order valence-corrected chi connectivity index (χ1v) is 11.5. The molecular formula is C21H26N4O8S. The Bertz CT molecular complexity index is 1160. The highest BCUT2D eigenvalue weighted by Gasteiger charge is 2.33. The zero-order valence-corrected chi connectivity index (χ0v) is 19.8. The summed E-state index contributed by atoms with van der Waals surface area (Å²) >= 11 is 0. The molecule has 0 spiro atoms. The Kier molecular flexibility index (Phi) is 8.31. The van der Waals surface area contributed by atoms with Crippen molar-refractivity contribution in [3.8, 4) is 0 Å². The number of carbonyl (C=O) groups is 2. The number of ether oxygens (including phenoxy) is 1. The van der Waals surface area contributed by atoms with Gasteiger partial charge in [-0.3, -0.25) is 25.4 Å². The molecule has 184 valence electrons. The first-order chi connectivity index (χ1) is 15.7. The van der Waals surface area contributed by atoms with E-state index < -0.39 is 38.6 Å². The summed E-state index contributed by atoms with van der Waals surface area (Å²) in [6.07, 6.45) is -0.780. The summed E-state index contributed by atoms with van der Waals surface area (Å²) < 4.78 is 32.9. The molecule has 2 aromatic rings. The molecule has 2 rings (SSSR count). The summed E-state index contributed by atoms with van der Waals surface area (Å²) in [5.41, 5.74) is 1.00. The largest absolute Gasteiger partial charge is 0.444 e. The Morgan fingerprint density at radius 2 is 1.79 bits per heavy atom. The van der Waals surface area contributed by atoms with Gasteiger partial charge in [0.1, 0.15) is 11.6 Å². The number of nitrogens with zero attached hydrogens (tertiary/aromatic N) is 2. The molecule has 0 heterocycles. The zero-order chi connectivity index (χ0) is 25.7. The summed E-state index contributed by atoms with van der Waals surface area (Å²) in [4.78, 5) is 34.2. The molecule has 3 N–H and O–H groups in total. The lowest BCUT2D eigenvalue weighted by Crippen LogP contribution is -2.46. The van der Waals surface area contributed by atoms with Gasteiger partial charge < -0.3 is 4.74 Å².